The van der Waals surface area contributed by atoms with Gasteiger partial charge in [-0.2, -0.15) is 5.10 Å². The monoisotopic (exact) mass is 344 g/mol. The number of likely N-dealkylation sites (tertiary alicyclic amines) is 1. The van der Waals surface area contributed by atoms with Crippen molar-refractivity contribution in [1.82, 2.24) is 24.6 Å². The molecule has 2 aromatic rings. The first-order valence-corrected chi connectivity index (χ1v) is 9.53. The van der Waals surface area contributed by atoms with E-state index in [1.165, 1.54) is 32.4 Å². The lowest BCUT2D eigenvalue weighted by atomic mass is 10.0. The van der Waals surface area contributed by atoms with Crippen molar-refractivity contribution in [2.24, 2.45) is 7.05 Å². The fourth-order valence-electron chi connectivity index (χ4n) is 3.98. The Morgan fingerprint density at radius 3 is 2.84 bits per heavy atom. The van der Waals surface area contributed by atoms with Gasteiger partial charge in [-0.15, -0.1) is 0 Å². The quantitative estimate of drug-likeness (QED) is 0.894. The largest absolute Gasteiger partial charge is 0.378 e. The van der Waals surface area contributed by atoms with Gasteiger partial charge in [0.05, 0.1) is 36.9 Å². The van der Waals surface area contributed by atoms with Crippen molar-refractivity contribution >= 4 is 16.9 Å². The Kier molecular flexibility index (Phi) is 4.85. The molecule has 7 heteroatoms. The van der Waals surface area contributed by atoms with Crippen LogP contribution in [0.3, 0.4) is 0 Å². The number of aromatic nitrogens is 4. The van der Waals surface area contributed by atoms with Crippen LogP contribution < -0.4 is 5.32 Å². The smallest absolute Gasteiger partial charge is 0.163 e. The summed E-state index contributed by atoms with van der Waals surface area (Å²) in [5, 5.41) is 9.04. The van der Waals surface area contributed by atoms with E-state index in [2.05, 4.69) is 27.2 Å². The van der Waals surface area contributed by atoms with Crippen LogP contribution in [-0.4, -0.2) is 63.0 Å². The van der Waals surface area contributed by atoms with Crippen molar-refractivity contribution in [2.75, 3.05) is 31.6 Å². The van der Waals surface area contributed by atoms with Gasteiger partial charge in [-0.3, -0.25) is 9.58 Å². The van der Waals surface area contributed by atoms with Crippen molar-refractivity contribution in [3.8, 4) is 0 Å². The van der Waals surface area contributed by atoms with Gasteiger partial charge in [0.25, 0.3) is 0 Å². The Hall–Kier alpha value is -1.73. The Labute approximate surface area is 148 Å². The molecule has 25 heavy (non-hydrogen) atoms. The van der Waals surface area contributed by atoms with Gasteiger partial charge in [0.15, 0.2) is 5.65 Å². The molecule has 4 rings (SSSR count). The predicted octanol–water partition coefficient (Wildman–Crippen LogP) is 1.98. The third-order valence-corrected chi connectivity index (χ3v) is 5.34. The Bertz CT molecular complexity index is 724. The summed E-state index contributed by atoms with van der Waals surface area (Å²) in [6, 6.07) is 0.697. The molecule has 0 radical (unpaired) electrons. The van der Waals surface area contributed by atoms with Crippen LogP contribution in [0.1, 0.15) is 38.4 Å². The highest BCUT2D eigenvalue weighted by Crippen LogP contribution is 2.25. The predicted molar refractivity (Wildman–Crippen MR) is 97.7 cm³/mol. The van der Waals surface area contributed by atoms with Crippen LogP contribution in [0.2, 0.25) is 0 Å². The molecule has 7 nitrogen and oxygen atoms in total. The maximum absolute atomic E-state index is 5.82. The zero-order valence-corrected chi connectivity index (χ0v) is 15.2. The van der Waals surface area contributed by atoms with Gasteiger partial charge in [0, 0.05) is 13.5 Å². The molecule has 0 aliphatic carbocycles. The lowest BCUT2D eigenvalue weighted by Gasteiger charge is -2.34. The molecule has 2 aromatic heterocycles. The normalized spacial score (nSPS) is 24.9. The first-order chi connectivity index (χ1) is 12.3. The van der Waals surface area contributed by atoms with Gasteiger partial charge in [0.2, 0.25) is 0 Å². The number of anilines is 1. The third kappa shape index (κ3) is 3.35. The van der Waals surface area contributed by atoms with E-state index in [1.807, 2.05) is 17.9 Å². The number of ether oxygens (including phenoxy) is 1. The SMILES string of the molecule is CCCc1nc(N[C@H]2COC[C@@H]2N2CCCCC2)c2cnn(C)c2n1. The first kappa shape index (κ1) is 16.7. The highest BCUT2D eigenvalue weighted by molar-refractivity contribution is 5.86. The summed E-state index contributed by atoms with van der Waals surface area (Å²) in [5.41, 5.74) is 0.898. The van der Waals surface area contributed by atoms with Gasteiger partial charge in [-0.25, -0.2) is 9.97 Å². The molecule has 0 spiro atoms. The van der Waals surface area contributed by atoms with Crippen LogP contribution in [0, 0.1) is 0 Å². The van der Waals surface area contributed by atoms with Gasteiger partial charge < -0.3 is 10.1 Å². The molecule has 0 aromatic carbocycles. The molecule has 4 heterocycles. The number of fused-ring (bicyclic) bond motifs is 1. The lowest BCUT2D eigenvalue weighted by Crippen LogP contribution is -2.48. The first-order valence-electron chi connectivity index (χ1n) is 9.53. The maximum atomic E-state index is 5.82. The Morgan fingerprint density at radius 1 is 1.20 bits per heavy atom. The highest BCUT2D eigenvalue weighted by Gasteiger charge is 2.34. The average molecular weight is 344 g/mol. The van der Waals surface area contributed by atoms with Crippen LogP contribution >= 0.6 is 0 Å². The molecule has 0 amide bonds. The van der Waals surface area contributed by atoms with Crippen molar-refractivity contribution in [2.45, 2.75) is 51.1 Å². The van der Waals surface area contributed by atoms with Crippen LogP contribution in [-0.2, 0) is 18.2 Å². The lowest BCUT2D eigenvalue weighted by molar-refractivity contribution is 0.127. The van der Waals surface area contributed by atoms with Crippen molar-refractivity contribution in [3.63, 3.8) is 0 Å². The topological polar surface area (TPSA) is 68.1 Å². The fraction of sp³-hybridized carbons (Fsp3) is 0.722. The van der Waals surface area contributed by atoms with E-state index in [9.17, 15) is 0 Å². The van der Waals surface area contributed by atoms with Crippen LogP contribution in [0.15, 0.2) is 6.20 Å². The maximum Gasteiger partial charge on any atom is 0.163 e. The van der Waals surface area contributed by atoms with E-state index in [0.29, 0.717) is 6.04 Å². The molecule has 2 atom stereocenters. The number of nitrogens with zero attached hydrogens (tertiary/aromatic N) is 5. The minimum Gasteiger partial charge on any atom is -0.378 e. The summed E-state index contributed by atoms with van der Waals surface area (Å²) in [5.74, 6) is 1.79. The fourth-order valence-corrected chi connectivity index (χ4v) is 3.98. The second kappa shape index (κ2) is 7.25. The van der Waals surface area contributed by atoms with Gasteiger partial charge in [-0.1, -0.05) is 13.3 Å². The zero-order chi connectivity index (χ0) is 17.2. The van der Waals surface area contributed by atoms with Crippen molar-refractivity contribution in [1.29, 1.82) is 0 Å². The summed E-state index contributed by atoms with van der Waals surface area (Å²) in [7, 11) is 1.93. The van der Waals surface area contributed by atoms with E-state index in [4.69, 9.17) is 9.72 Å². The van der Waals surface area contributed by atoms with Crippen LogP contribution in [0.5, 0.6) is 0 Å². The Morgan fingerprint density at radius 2 is 2.04 bits per heavy atom. The van der Waals surface area contributed by atoms with Gasteiger partial charge >= 0.3 is 0 Å². The summed E-state index contributed by atoms with van der Waals surface area (Å²) in [6.45, 7) is 6.05. The average Bonchev–Trinajstić information content (AvgIpc) is 3.24. The van der Waals surface area contributed by atoms with E-state index in [-0.39, 0.29) is 6.04 Å². The third-order valence-electron chi connectivity index (χ3n) is 5.34. The molecule has 0 saturated carbocycles. The number of nitrogens with one attached hydrogen (secondary N) is 1. The minimum atomic E-state index is 0.269. The molecule has 136 valence electrons. The number of hydrogen-bond acceptors (Lipinski definition) is 6. The Balaban J connectivity index is 1.60. The summed E-state index contributed by atoms with van der Waals surface area (Å²) >= 11 is 0. The summed E-state index contributed by atoms with van der Waals surface area (Å²) in [6.07, 6.45) is 7.72. The molecule has 2 fully saturated rings. The van der Waals surface area contributed by atoms with Crippen molar-refractivity contribution < 1.29 is 4.74 Å². The van der Waals surface area contributed by atoms with Gasteiger partial charge in [-0.05, 0) is 32.4 Å². The van der Waals surface area contributed by atoms with Gasteiger partial charge in [0.1, 0.15) is 11.6 Å². The minimum absolute atomic E-state index is 0.269. The molecule has 0 unspecified atom stereocenters. The number of aryl methyl sites for hydroxylation is 2. The number of hydrogen-bond donors (Lipinski definition) is 1. The van der Waals surface area contributed by atoms with E-state index < -0.39 is 0 Å². The second-order valence-electron chi connectivity index (χ2n) is 7.20. The highest BCUT2D eigenvalue weighted by atomic mass is 16.5. The molecule has 0 bridgehead atoms. The molecular formula is C18H28N6O. The van der Waals surface area contributed by atoms with Crippen molar-refractivity contribution in [3.05, 3.63) is 12.0 Å². The van der Waals surface area contributed by atoms with Crippen LogP contribution in [0.4, 0.5) is 5.82 Å². The zero-order valence-electron chi connectivity index (χ0n) is 15.2. The molecule has 1 N–H and O–H groups in total. The number of piperidine rings is 1. The molecule has 2 aliphatic rings. The summed E-state index contributed by atoms with van der Waals surface area (Å²) in [4.78, 5) is 12.1. The van der Waals surface area contributed by atoms with Crippen LogP contribution in [0.25, 0.3) is 11.0 Å². The van der Waals surface area contributed by atoms with E-state index >= 15 is 0 Å². The molecule has 2 saturated heterocycles. The molecule has 2 aliphatic heterocycles. The summed E-state index contributed by atoms with van der Waals surface area (Å²) < 4.78 is 7.65. The standard InChI is InChI=1S/C18H28N6O/c1-3-7-16-21-17(13-10-19-23(2)18(13)22-16)20-14-11-25-12-15(14)24-8-5-4-6-9-24/h10,14-15H,3-9,11-12H2,1-2H3,(H,20,21,22)/t14-,15-/m0/s1. The number of rotatable bonds is 5. The molecular weight excluding hydrogens is 316 g/mol. The second-order valence-corrected chi connectivity index (χ2v) is 7.20. The van der Waals surface area contributed by atoms with E-state index in [0.717, 1.165) is 48.7 Å². The van der Waals surface area contributed by atoms with E-state index in [1.54, 1.807) is 0 Å².